The zero-order valence-corrected chi connectivity index (χ0v) is 18.5. The lowest BCUT2D eigenvalue weighted by molar-refractivity contribution is 0.0851. The van der Waals surface area contributed by atoms with Crippen LogP contribution in [0.3, 0.4) is 0 Å². The number of hydrogen-bond donors (Lipinski definition) is 3. The highest BCUT2D eigenvalue weighted by molar-refractivity contribution is 5.93. The quantitative estimate of drug-likeness (QED) is 0.623. The van der Waals surface area contributed by atoms with Crippen LogP contribution in [-0.2, 0) is 0 Å². The summed E-state index contributed by atoms with van der Waals surface area (Å²) in [5.41, 5.74) is 5.79. The average Bonchev–Trinajstić information content (AvgIpc) is 2.73. The Morgan fingerprint density at radius 3 is 2.41 bits per heavy atom. The normalized spacial score (nSPS) is 14.8. The fourth-order valence-corrected chi connectivity index (χ4v) is 3.71. The smallest absolute Gasteiger partial charge is 0.407 e. The van der Waals surface area contributed by atoms with Crippen molar-refractivity contribution in [2.45, 2.75) is 39.2 Å². The van der Waals surface area contributed by atoms with Crippen molar-refractivity contribution in [2.24, 2.45) is 11.7 Å². The van der Waals surface area contributed by atoms with Crippen molar-refractivity contribution in [1.82, 2.24) is 14.9 Å². The summed E-state index contributed by atoms with van der Waals surface area (Å²) in [4.78, 5) is 34.5. The van der Waals surface area contributed by atoms with Gasteiger partial charge in [-0.1, -0.05) is 0 Å². The molecule has 3 rings (SSSR count). The van der Waals surface area contributed by atoms with Crippen LogP contribution < -0.4 is 16.0 Å². The van der Waals surface area contributed by atoms with Gasteiger partial charge in [0.15, 0.2) is 11.6 Å². The number of carbonyl (C=O) groups is 2. The van der Waals surface area contributed by atoms with Gasteiger partial charge in [-0.2, -0.15) is 4.98 Å². The maximum absolute atomic E-state index is 14.5. The first-order valence-corrected chi connectivity index (χ1v) is 10.5. The summed E-state index contributed by atoms with van der Waals surface area (Å²) in [5.74, 6) is -0.386. The molecular formula is C22H29FN6O3. The lowest BCUT2D eigenvalue weighted by Gasteiger charge is -2.39. The van der Waals surface area contributed by atoms with Gasteiger partial charge in [0.25, 0.3) is 0 Å². The Kier molecular flexibility index (Phi) is 6.81. The summed E-state index contributed by atoms with van der Waals surface area (Å²) in [5, 5.41) is 12.5. The summed E-state index contributed by atoms with van der Waals surface area (Å²) in [6.45, 7) is 7.23. The molecule has 0 saturated carbocycles. The molecule has 2 heterocycles. The first-order valence-electron chi connectivity index (χ1n) is 10.5. The third kappa shape index (κ3) is 5.63. The van der Waals surface area contributed by atoms with Crippen LogP contribution >= 0.6 is 0 Å². The molecule has 0 unspecified atom stereocenters. The Hall–Kier alpha value is -3.43. The number of rotatable bonds is 6. The highest BCUT2D eigenvalue weighted by atomic mass is 19.1. The molecule has 1 aromatic heterocycles. The van der Waals surface area contributed by atoms with Crippen LogP contribution in [0, 0.1) is 11.7 Å². The Morgan fingerprint density at radius 2 is 1.88 bits per heavy atom. The van der Waals surface area contributed by atoms with Gasteiger partial charge in [0.2, 0.25) is 11.9 Å². The molecule has 0 atom stereocenters. The largest absolute Gasteiger partial charge is 0.465 e. The van der Waals surface area contributed by atoms with Crippen LogP contribution in [0.4, 0.5) is 26.6 Å². The minimum Gasteiger partial charge on any atom is -0.465 e. The molecular weight excluding hydrogens is 415 g/mol. The third-order valence-corrected chi connectivity index (χ3v) is 5.55. The molecule has 2 aromatic rings. The highest BCUT2D eigenvalue weighted by Crippen LogP contribution is 2.27. The van der Waals surface area contributed by atoms with Crippen molar-refractivity contribution < 1.29 is 19.1 Å². The van der Waals surface area contributed by atoms with Crippen molar-refractivity contribution in [2.75, 3.05) is 29.9 Å². The van der Waals surface area contributed by atoms with E-state index in [-0.39, 0.29) is 17.7 Å². The lowest BCUT2D eigenvalue weighted by atomic mass is 9.94. The first kappa shape index (κ1) is 23.2. The minimum atomic E-state index is -0.929. The van der Waals surface area contributed by atoms with Gasteiger partial charge in [0.05, 0.1) is 6.20 Å². The molecule has 2 amide bonds. The third-order valence-electron chi connectivity index (χ3n) is 5.55. The van der Waals surface area contributed by atoms with E-state index in [2.05, 4.69) is 15.3 Å². The predicted molar refractivity (Wildman–Crippen MR) is 120 cm³/mol. The number of primary amides is 1. The first-order chi connectivity index (χ1) is 15.0. The van der Waals surface area contributed by atoms with E-state index in [1.54, 1.807) is 24.3 Å². The van der Waals surface area contributed by atoms with E-state index in [0.717, 1.165) is 19.0 Å². The van der Waals surface area contributed by atoms with Gasteiger partial charge >= 0.3 is 6.09 Å². The molecule has 9 nitrogen and oxygen atoms in total. The highest BCUT2D eigenvalue weighted by Gasteiger charge is 2.31. The van der Waals surface area contributed by atoms with Crippen molar-refractivity contribution in [3.05, 3.63) is 41.8 Å². The van der Waals surface area contributed by atoms with E-state index in [4.69, 9.17) is 5.73 Å². The SMILES string of the molecule is CC(C)(C)N(CC1CCN(c2nc(Nc3ccc(C(N)=O)cc3)ncc2F)CC1)C(=O)O. The standard InChI is InChI=1S/C22H29FN6O3/c1-22(2,3)29(21(31)32)13-14-8-10-28(11-9-14)19-17(23)12-25-20(27-19)26-16-6-4-15(5-7-16)18(24)30/h4-7,12,14H,8-11,13H2,1-3H3,(H2,24,30)(H,31,32)(H,25,26,27). The number of anilines is 3. The molecule has 0 radical (unpaired) electrons. The number of amides is 2. The average molecular weight is 445 g/mol. The van der Waals surface area contributed by atoms with E-state index in [1.807, 2.05) is 25.7 Å². The van der Waals surface area contributed by atoms with E-state index in [0.29, 0.717) is 30.9 Å². The molecule has 172 valence electrons. The van der Waals surface area contributed by atoms with Crippen LogP contribution in [0.25, 0.3) is 0 Å². The number of hydrogen-bond acceptors (Lipinski definition) is 6. The van der Waals surface area contributed by atoms with Crippen molar-refractivity contribution >= 4 is 29.5 Å². The lowest BCUT2D eigenvalue weighted by Crippen LogP contribution is -2.49. The van der Waals surface area contributed by atoms with Crippen LogP contribution in [0.5, 0.6) is 0 Å². The van der Waals surface area contributed by atoms with Crippen molar-refractivity contribution in [3.63, 3.8) is 0 Å². The number of nitrogens with zero attached hydrogens (tertiary/aromatic N) is 4. The Balaban J connectivity index is 1.65. The summed E-state index contributed by atoms with van der Waals surface area (Å²) < 4.78 is 14.5. The molecule has 1 fully saturated rings. The van der Waals surface area contributed by atoms with Gasteiger partial charge in [-0.3, -0.25) is 4.79 Å². The number of carbonyl (C=O) groups excluding carboxylic acids is 1. The number of carboxylic acid groups (broad SMARTS) is 1. The van der Waals surface area contributed by atoms with Gasteiger partial charge in [-0.25, -0.2) is 14.2 Å². The maximum Gasteiger partial charge on any atom is 0.407 e. The molecule has 0 aliphatic carbocycles. The molecule has 32 heavy (non-hydrogen) atoms. The number of nitrogens with two attached hydrogens (primary N) is 1. The summed E-state index contributed by atoms with van der Waals surface area (Å²) >= 11 is 0. The van der Waals surface area contributed by atoms with E-state index in [1.165, 1.54) is 4.90 Å². The number of nitrogens with one attached hydrogen (secondary N) is 1. The topological polar surface area (TPSA) is 125 Å². The van der Waals surface area contributed by atoms with Gasteiger partial charge in [0.1, 0.15) is 0 Å². The van der Waals surface area contributed by atoms with Crippen LogP contribution in [0.15, 0.2) is 30.5 Å². The van der Waals surface area contributed by atoms with Crippen LogP contribution in [-0.4, -0.2) is 57.1 Å². The van der Waals surface area contributed by atoms with Gasteiger partial charge < -0.3 is 26.0 Å². The zero-order chi connectivity index (χ0) is 23.5. The summed E-state index contributed by atoms with van der Waals surface area (Å²) in [6.07, 6.45) is 1.67. The van der Waals surface area contributed by atoms with Crippen molar-refractivity contribution in [3.8, 4) is 0 Å². The van der Waals surface area contributed by atoms with E-state index < -0.39 is 23.4 Å². The molecule has 1 aliphatic heterocycles. The zero-order valence-electron chi connectivity index (χ0n) is 18.5. The second kappa shape index (κ2) is 9.37. The van der Waals surface area contributed by atoms with Gasteiger partial charge in [-0.05, 0) is 63.8 Å². The number of benzene rings is 1. The molecule has 1 saturated heterocycles. The van der Waals surface area contributed by atoms with Crippen LogP contribution in [0.1, 0.15) is 44.0 Å². The van der Waals surface area contributed by atoms with E-state index >= 15 is 0 Å². The number of aromatic nitrogens is 2. The second-order valence-electron chi connectivity index (χ2n) is 8.93. The van der Waals surface area contributed by atoms with Gasteiger partial charge in [0, 0.05) is 36.4 Å². The molecule has 1 aromatic carbocycles. The summed E-state index contributed by atoms with van der Waals surface area (Å²) in [6, 6.07) is 6.50. The van der Waals surface area contributed by atoms with Crippen LogP contribution in [0.2, 0.25) is 0 Å². The predicted octanol–water partition coefficient (Wildman–Crippen LogP) is 3.45. The molecule has 1 aliphatic rings. The second-order valence-corrected chi connectivity index (χ2v) is 8.93. The summed E-state index contributed by atoms with van der Waals surface area (Å²) in [7, 11) is 0. The molecule has 0 bridgehead atoms. The molecule has 4 N–H and O–H groups in total. The molecule has 10 heteroatoms. The number of halogens is 1. The minimum absolute atomic E-state index is 0.202. The number of piperidine rings is 1. The maximum atomic E-state index is 14.5. The fraction of sp³-hybridized carbons (Fsp3) is 0.455. The fourth-order valence-electron chi connectivity index (χ4n) is 3.71. The Labute approximate surface area is 186 Å². The monoisotopic (exact) mass is 444 g/mol. The van der Waals surface area contributed by atoms with E-state index in [9.17, 15) is 19.1 Å². The van der Waals surface area contributed by atoms with Gasteiger partial charge in [-0.15, -0.1) is 0 Å². The Morgan fingerprint density at radius 1 is 1.25 bits per heavy atom. The Bertz CT molecular complexity index is 969. The van der Waals surface area contributed by atoms with Crippen molar-refractivity contribution in [1.29, 1.82) is 0 Å². The molecule has 0 spiro atoms.